The van der Waals surface area contributed by atoms with Crippen LogP contribution in [-0.2, 0) is 18.4 Å². The van der Waals surface area contributed by atoms with Gasteiger partial charge in [0, 0.05) is 19.0 Å². The van der Waals surface area contributed by atoms with Crippen LogP contribution in [-0.4, -0.2) is 63.1 Å². The topological polar surface area (TPSA) is 91.0 Å². The summed E-state index contributed by atoms with van der Waals surface area (Å²) >= 11 is 1.65. The van der Waals surface area contributed by atoms with Crippen molar-refractivity contribution in [3.05, 3.63) is 60.7 Å². The SMILES string of the molecule is CC(C)(COCCCSCCC(=O)O)O[Si](OCCCCCCN)(c1ccccc1)c1ccccc1. The number of benzene rings is 2. The van der Waals surface area contributed by atoms with E-state index < -0.39 is 20.1 Å². The third kappa shape index (κ3) is 11.1. The van der Waals surface area contributed by atoms with Crippen LogP contribution < -0.4 is 16.1 Å². The van der Waals surface area contributed by atoms with Gasteiger partial charge in [0.1, 0.15) is 0 Å². The zero-order valence-electron chi connectivity index (χ0n) is 21.8. The fraction of sp³-hybridized carbons (Fsp3) is 0.536. The second-order valence-corrected chi connectivity index (χ2v) is 13.5. The minimum absolute atomic E-state index is 0.200. The van der Waals surface area contributed by atoms with Gasteiger partial charge < -0.3 is 24.4 Å². The van der Waals surface area contributed by atoms with Gasteiger partial charge in [-0.2, -0.15) is 11.8 Å². The van der Waals surface area contributed by atoms with Crippen LogP contribution >= 0.6 is 11.8 Å². The monoisotopic (exact) mass is 533 g/mol. The number of aliphatic carboxylic acids is 1. The van der Waals surface area contributed by atoms with Crippen molar-refractivity contribution < 1.29 is 23.5 Å². The number of carboxylic acids is 1. The summed E-state index contributed by atoms with van der Waals surface area (Å²) in [6.45, 7) is 6.54. The van der Waals surface area contributed by atoms with E-state index in [-0.39, 0.29) is 6.42 Å². The number of thioether (sulfide) groups is 1. The van der Waals surface area contributed by atoms with E-state index in [0.717, 1.165) is 54.8 Å². The van der Waals surface area contributed by atoms with Crippen molar-refractivity contribution in [2.75, 3.05) is 37.9 Å². The quantitative estimate of drug-likeness (QED) is 0.195. The van der Waals surface area contributed by atoms with Gasteiger partial charge in [-0.25, -0.2) is 0 Å². The molecule has 2 aromatic rings. The summed E-state index contributed by atoms with van der Waals surface area (Å²) in [7, 11) is -3.01. The highest BCUT2D eigenvalue weighted by Crippen LogP contribution is 2.21. The van der Waals surface area contributed by atoms with Crippen molar-refractivity contribution in [2.45, 2.75) is 58.0 Å². The molecule has 0 saturated heterocycles. The maximum absolute atomic E-state index is 10.6. The van der Waals surface area contributed by atoms with E-state index in [9.17, 15) is 4.79 Å². The number of nitrogens with two attached hydrogens (primary N) is 1. The lowest BCUT2D eigenvalue weighted by molar-refractivity contribution is -0.136. The fourth-order valence-electron chi connectivity index (χ4n) is 3.87. The van der Waals surface area contributed by atoms with Crippen LogP contribution in [0.25, 0.3) is 0 Å². The van der Waals surface area contributed by atoms with E-state index >= 15 is 0 Å². The van der Waals surface area contributed by atoms with Gasteiger partial charge in [0.25, 0.3) is 0 Å². The Hall–Kier alpha value is -1.68. The molecule has 0 heterocycles. The number of ether oxygens (including phenoxy) is 1. The number of hydrogen-bond acceptors (Lipinski definition) is 6. The van der Waals surface area contributed by atoms with Crippen LogP contribution in [0.2, 0.25) is 0 Å². The molecule has 8 heteroatoms. The first-order valence-electron chi connectivity index (χ1n) is 12.9. The van der Waals surface area contributed by atoms with Gasteiger partial charge in [0.15, 0.2) is 0 Å². The lowest BCUT2D eigenvalue weighted by atomic mass is 10.2. The Bertz CT molecular complexity index is 814. The zero-order valence-corrected chi connectivity index (χ0v) is 23.6. The van der Waals surface area contributed by atoms with Crippen molar-refractivity contribution in [1.82, 2.24) is 0 Å². The molecule has 6 nitrogen and oxygen atoms in total. The van der Waals surface area contributed by atoms with E-state index in [1.807, 2.05) is 36.4 Å². The van der Waals surface area contributed by atoms with Crippen molar-refractivity contribution in [3.63, 3.8) is 0 Å². The molecule has 2 aromatic carbocycles. The van der Waals surface area contributed by atoms with E-state index in [4.69, 9.17) is 24.4 Å². The predicted molar refractivity (Wildman–Crippen MR) is 152 cm³/mol. The third-order valence-electron chi connectivity index (χ3n) is 5.62. The number of carboxylic acid groups (broad SMARTS) is 1. The maximum Gasteiger partial charge on any atom is 0.407 e. The molecule has 0 aliphatic heterocycles. The predicted octanol–water partition coefficient (Wildman–Crippen LogP) is 4.19. The molecule has 200 valence electrons. The maximum atomic E-state index is 10.6. The largest absolute Gasteiger partial charge is 0.481 e. The van der Waals surface area contributed by atoms with E-state index in [1.165, 1.54) is 0 Å². The fourth-order valence-corrected chi connectivity index (χ4v) is 8.21. The molecule has 2 rings (SSSR count). The molecule has 0 radical (unpaired) electrons. The third-order valence-corrected chi connectivity index (χ3v) is 10.3. The number of rotatable bonds is 20. The molecule has 0 saturated carbocycles. The Kier molecular flexibility index (Phi) is 14.4. The smallest absolute Gasteiger partial charge is 0.407 e. The van der Waals surface area contributed by atoms with Crippen LogP contribution in [0.15, 0.2) is 60.7 Å². The zero-order chi connectivity index (χ0) is 26.1. The van der Waals surface area contributed by atoms with Gasteiger partial charge in [-0.05, 0) is 55.8 Å². The molecule has 0 aliphatic carbocycles. The first kappa shape index (κ1) is 30.5. The summed E-state index contributed by atoms with van der Waals surface area (Å²) in [6, 6.07) is 20.6. The molecule has 0 aromatic heterocycles. The summed E-state index contributed by atoms with van der Waals surface area (Å²) in [6.07, 6.45) is 5.28. The average molecular weight is 534 g/mol. The van der Waals surface area contributed by atoms with Crippen LogP contribution in [0.1, 0.15) is 52.4 Å². The summed E-state index contributed by atoms with van der Waals surface area (Å²) in [4.78, 5) is 10.6. The molecule has 0 atom stereocenters. The number of hydrogen-bond donors (Lipinski definition) is 2. The first-order valence-corrected chi connectivity index (χ1v) is 15.9. The second-order valence-electron chi connectivity index (χ2n) is 9.42. The van der Waals surface area contributed by atoms with Gasteiger partial charge in [-0.15, -0.1) is 0 Å². The second kappa shape index (κ2) is 16.9. The van der Waals surface area contributed by atoms with Crippen molar-refractivity contribution in [1.29, 1.82) is 0 Å². The summed E-state index contributed by atoms with van der Waals surface area (Å²) in [5.74, 6) is 0.768. The standard InChI is InChI=1S/C28H43NO5SSi/c1-28(2,24-32-20-13-22-35-23-18-27(30)31)34-36(25-14-7-5-8-15-25,26-16-9-6-10-17-26)33-21-12-4-3-11-19-29/h5-10,14-17H,3-4,11-13,18-24,29H2,1-2H3,(H,30,31). The molecule has 3 N–H and O–H groups in total. The average Bonchev–Trinajstić information content (AvgIpc) is 2.87. The number of carbonyl (C=O) groups is 1. The molecular formula is C28H43NO5SSi. The Morgan fingerprint density at radius 3 is 2.08 bits per heavy atom. The van der Waals surface area contributed by atoms with Gasteiger partial charge in [-0.3, -0.25) is 4.79 Å². The first-order chi connectivity index (χ1) is 17.4. The molecule has 0 amide bonds. The molecule has 0 fully saturated rings. The van der Waals surface area contributed by atoms with Crippen LogP contribution in [0, 0.1) is 0 Å². The molecule has 0 bridgehead atoms. The van der Waals surface area contributed by atoms with Crippen molar-refractivity contribution >= 4 is 36.7 Å². The van der Waals surface area contributed by atoms with Gasteiger partial charge in [0.05, 0.1) is 18.6 Å². The summed E-state index contributed by atoms with van der Waals surface area (Å²) < 4.78 is 19.8. The van der Waals surface area contributed by atoms with E-state index in [0.29, 0.717) is 25.6 Å². The highest BCUT2D eigenvalue weighted by atomic mass is 32.2. The van der Waals surface area contributed by atoms with Gasteiger partial charge in [0.2, 0.25) is 0 Å². The normalized spacial score (nSPS) is 12.1. The number of unbranched alkanes of at least 4 members (excludes halogenated alkanes) is 3. The van der Waals surface area contributed by atoms with Crippen LogP contribution in [0.5, 0.6) is 0 Å². The van der Waals surface area contributed by atoms with E-state index in [1.54, 1.807) is 11.8 Å². The Morgan fingerprint density at radius 1 is 0.889 bits per heavy atom. The van der Waals surface area contributed by atoms with E-state index in [2.05, 4.69) is 38.1 Å². The molecule has 0 spiro atoms. The Labute approximate surface area is 222 Å². The molecule has 36 heavy (non-hydrogen) atoms. The molecular weight excluding hydrogens is 490 g/mol. The minimum Gasteiger partial charge on any atom is -0.481 e. The lowest BCUT2D eigenvalue weighted by Crippen LogP contribution is -2.66. The van der Waals surface area contributed by atoms with Crippen molar-refractivity contribution in [3.8, 4) is 0 Å². The van der Waals surface area contributed by atoms with Gasteiger partial charge in [-0.1, -0.05) is 73.5 Å². The van der Waals surface area contributed by atoms with Crippen LogP contribution in [0.3, 0.4) is 0 Å². The summed E-state index contributed by atoms with van der Waals surface area (Å²) in [5.41, 5.74) is 5.08. The lowest BCUT2D eigenvalue weighted by Gasteiger charge is -2.39. The Morgan fingerprint density at radius 2 is 1.50 bits per heavy atom. The minimum atomic E-state index is -3.01. The highest BCUT2D eigenvalue weighted by Gasteiger charge is 2.46. The van der Waals surface area contributed by atoms with Gasteiger partial charge >= 0.3 is 14.5 Å². The summed E-state index contributed by atoms with van der Waals surface area (Å²) in [5, 5.41) is 10.9. The molecule has 0 aliphatic rings. The van der Waals surface area contributed by atoms with Crippen molar-refractivity contribution in [2.24, 2.45) is 5.73 Å². The van der Waals surface area contributed by atoms with Crippen LogP contribution in [0.4, 0.5) is 0 Å². The molecule has 0 unspecified atom stereocenters. The Balaban J connectivity index is 2.08. The highest BCUT2D eigenvalue weighted by molar-refractivity contribution is 7.99.